The van der Waals surface area contributed by atoms with Crippen molar-refractivity contribution >= 4 is 0 Å². The predicted molar refractivity (Wildman–Crippen MR) is 66.5 cm³/mol. The van der Waals surface area contributed by atoms with E-state index in [2.05, 4.69) is 10.3 Å². The molecule has 1 aliphatic heterocycles. The minimum atomic E-state index is 0.596. The summed E-state index contributed by atoms with van der Waals surface area (Å²) in [6, 6.07) is 4.29. The summed E-state index contributed by atoms with van der Waals surface area (Å²) in [6.45, 7) is 1.89. The molecule has 0 saturated carbocycles. The van der Waals surface area contributed by atoms with Gasteiger partial charge in [-0.25, -0.2) is 4.98 Å². The maximum absolute atomic E-state index is 5.69. The number of methoxy groups -OCH3 is 1. The topological polar surface area (TPSA) is 43.4 Å². The van der Waals surface area contributed by atoms with Gasteiger partial charge in [-0.2, -0.15) is 0 Å². The largest absolute Gasteiger partial charge is 0.493 e. The number of rotatable bonds is 5. The second kappa shape index (κ2) is 6.45. The molecule has 2 heterocycles. The molecule has 1 N–H and O–H groups in total. The van der Waals surface area contributed by atoms with E-state index in [9.17, 15) is 0 Å². The predicted octanol–water partition coefficient (Wildman–Crippen LogP) is 2.00. The van der Waals surface area contributed by atoms with E-state index >= 15 is 0 Å². The van der Waals surface area contributed by atoms with Crippen LogP contribution in [0.15, 0.2) is 18.3 Å². The maximum atomic E-state index is 5.69. The van der Waals surface area contributed by atoms with Crippen molar-refractivity contribution in [3.63, 3.8) is 0 Å². The number of piperidine rings is 1. The highest BCUT2D eigenvalue weighted by Crippen LogP contribution is 2.17. The van der Waals surface area contributed by atoms with E-state index in [1.54, 1.807) is 13.3 Å². The molecule has 0 spiro atoms. The Morgan fingerprint density at radius 1 is 1.47 bits per heavy atom. The van der Waals surface area contributed by atoms with Gasteiger partial charge in [-0.1, -0.05) is 6.42 Å². The van der Waals surface area contributed by atoms with Gasteiger partial charge in [0.2, 0.25) is 5.88 Å². The van der Waals surface area contributed by atoms with Crippen LogP contribution in [0.4, 0.5) is 0 Å². The van der Waals surface area contributed by atoms with Crippen LogP contribution in [0.5, 0.6) is 11.6 Å². The molecule has 4 nitrogen and oxygen atoms in total. The molecule has 0 radical (unpaired) electrons. The number of ether oxygens (including phenoxy) is 2. The Hall–Kier alpha value is -1.29. The van der Waals surface area contributed by atoms with Crippen molar-refractivity contribution in [1.29, 1.82) is 0 Å². The van der Waals surface area contributed by atoms with E-state index in [-0.39, 0.29) is 0 Å². The van der Waals surface area contributed by atoms with Crippen LogP contribution >= 0.6 is 0 Å². The van der Waals surface area contributed by atoms with Gasteiger partial charge in [0.05, 0.1) is 13.7 Å². The van der Waals surface area contributed by atoms with E-state index in [1.807, 2.05) is 12.1 Å². The molecule has 0 aromatic carbocycles. The fourth-order valence-electron chi connectivity index (χ4n) is 2.08. The first-order valence-corrected chi connectivity index (χ1v) is 6.25. The van der Waals surface area contributed by atoms with E-state index in [1.165, 1.54) is 19.3 Å². The molecule has 0 aliphatic carbocycles. The highest BCUT2D eigenvalue weighted by molar-refractivity contribution is 5.25. The van der Waals surface area contributed by atoms with Crippen molar-refractivity contribution in [2.75, 3.05) is 20.3 Å². The summed E-state index contributed by atoms with van der Waals surface area (Å²) >= 11 is 0. The van der Waals surface area contributed by atoms with Gasteiger partial charge in [0.25, 0.3) is 0 Å². The third-order valence-electron chi connectivity index (χ3n) is 3.06. The Kier molecular flexibility index (Phi) is 4.62. The van der Waals surface area contributed by atoms with Crippen molar-refractivity contribution < 1.29 is 9.47 Å². The van der Waals surface area contributed by atoms with Crippen molar-refractivity contribution in [3.05, 3.63) is 18.3 Å². The number of nitrogens with zero attached hydrogens (tertiary/aromatic N) is 1. The average Bonchev–Trinajstić information content (AvgIpc) is 2.40. The molecule has 0 amide bonds. The van der Waals surface area contributed by atoms with Crippen molar-refractivity contribution in [2.45, 2.75) is 31.7 Å². The molecular weight excluding hydrogens is 216 g/mol. The zero-order valence-electron chi connectivity index (χ0n) is 10.3. The van der Waals surface area contributed by atoms with Gasteiger partial charge in [-0.3, -0.25) is 0 Å². The highest BCUT2D eigenvalue weighted by atomic mass is 16.5. The molecule has 17 heavy (non-hydrogen) atoms. The summed E-state index contributed by atoms with van der Waals surface area (Å²) in [5, 5.41) is 3.51. The first kappa shape index (κ1) is 12.2. The summed E-state index contributed by atoms with van der Waals surface area (Å²) in [5.74, 6) is 1.42. The van der Waals surface area contributed by atoms with E-state index in [4.69, 9.17) is 9.47 Å². The van der Waals surface area contributed by atoms with Gasteiger partial charge < -0.3 is 14.8 Å². The van der Waals surface area contributed by atoms with Crippen LogP contribution in [-0.4, -0.2) is 31.3 Å². The first-order chi connectivity index (χ1) is 8.38. The fourth-order valence-corrected chi connectivity index (χ4v) is 2.08. The molecule has 1 atom stereocenters. The van der Waals surface area contributed by atoms with Gasteiger partial charge in [0.15, 0.2) is 0 Å². The lowest BCUT2D eigenvalue weighted by Crippen LogP contribution is -2.35. The minimum absolute atomic E-state index is 0.596. The summed E-state index contributed by atoms with van der Waals surface area (Å²) < 4.78 is 10.7. The minimum Gasteiger partial charge on any atom is -0.493 e. The van der Waals surface area contributed by atoms with Gasteiger partial charge in [-0.05, 0) is 31.9 Å². The van der Waals surface area contributed by atoms with E-state index in [0.717, 1.165) is 25.3 Å². The second-order valence-electron chi connectivity index (χ2n) is 4.32. The SMILES string of the molecule is COc1cc(OCCC2CCCCN2)ccn1. The summed E-state index contributed by atoms with van der Waals surface area (Å²) in [4.78, 5) is 4.04. The summed E-state index contributed by atoms with van der Waals surface area (Å²) in [7, 11) is 1.61. The number of nitrogens with one attached hydrogen (secondary N) is 1. The quantitative estimate of drug-likeness (QED) is 0.849. The Balaban J connectivity index is 1.73. The normalized spacial score (nSPS) is 19.9. The van der Waals surface area contributed by atoms with Gasteiger partial charge in [-0.15, -0.1) is 0 Å². The lowest BCUT2D eigenvalue weighted by Gasteiger charge is -2.23. The van der Waals surface area contributed by atoms with Crippen LogP contribution in [0.25, 0.3) is 0 Å². The molecule has 1 aromatic heterocycles. The number of pyridine rings is 1. The van der Waals surface area contributed by atoms with E-state index in [0.29, 0.717) is 11.9 Å². The molecule has 1 saturated heterocycles. The zero-order valence-corrected chi connectivity index (χ0v) is 10.3. The van der Waals surface area contributed by atoms with Crippen LogP contribution in [0, 0.1) is 0 Å². The van der Waals surface area contributed by atoms with Gasteiger partial charge >= 0.3 is 0 Å². The summed E-state index contributed by atoms with van der Waals surface area (Å²) in [5.41, 5.74) is 0. The standard InChI is InChI=1S/C13H20N2O2/c1-16-13-10-12(5-8-15-13)17-9-6-11-4-2-3-7-14-11/h5,8,10-11,14H,2-4,6-7,9H2,1H3. The van der Waals surface area contributed by atoms with E-state index < -0.39 is 0 Å². The Morgan fingerprint density at radius 2 is 2.41 bits per heavy atom. The van der Waals surface area contributed by atoms with Crippen LogP contribution in [0.3, 0.4) is 0 Å². The Bertz CT molecular complexity index is 338. The fraction of sp³-hybridized carbons (Fsp3) is 0.615. The average molecular weight is 236 g/mol. The maximum Gasteiger partial charge on any atom is 0.216 e. The van der Waals surface area contributed by atoms with Crippen molar-refractivity contribution in [2.24, 2.45) is 0 Å². The van der Waals surface area contributed by atoms with Gasteiger partial charge in [0, 0.05) is 18.3 Å². The lowest BCUT2D eigenvalue weighted by atomic mass is 10.0. The molecule has 1 unspecified atom stereocenters. The van der Waals surface area contributed by atoms with Crippen molar-refractivity contribution in [1.82, 2.24) is 10.3 Å². The van der Waals surface area contributed by atoms with Crippen LogP contribution in [0.2, 0.25) is 0 Å². The molecule has 94 valence electrons. The molecule has 0 bridgehead atoms. The second-order valence-corrected chi connectivity index (χ2v) is 4.32. The molecule has 1 fully saturated rings. The monoisotopic (exact) mass is 236 g/mol. The van der Waals surface area contributed by atoms with Crippen molar-refractivity contribution in [3.8, 4) is 11.6 Å². The third kappa shape index (κ3) is 3.89. The number of aromatic nitrogens is 1. The Labute approximate surface area is 102 Å². The summed E-state index contributed by atoms with van der Waals surface area (Å²) in [6.07, 6.45) is 6.67. The van der Waals surface area contributed by atoms with Gasteiger partial charge in [0.1, 0.15) is 5.75 Å². The lowest BCUT2D eigenvalue weighted by molar-refractivity contribution is 0.266. The van der Waals surface area contributed by atoms with Crippen LogP contribution in [0.1, 0.15) is 25.7 Å². The van der Waals surface area contributed by atoms with Crippen LogP contribution in [-0.2, 0) is 0 Å². The molecular formula is C13H20N2O2. The molecule has 1 aliphatic rings. The number of hydrogen-bond donors (Lipinski definition) is 1. The number of hydrogen-bond acceptors (Lipinski definition) is 4. The third-order valence-corrected chi connectivity index (χ3v) is 3.06. The molecule has 4 heteroatoms. The molecule has 1 aromatic rings. The zero-order chi connectivity index (χ0) is 11.9. The highest BCUT2D eigenvalue weighted by Gasteiger charge is 2.12. The Morgan fingerprint density at radius 3 is 3.18 bits per heavy atom. The first-order valence-electron chi connectivity index (χ1n) is 6.25. The van der Waals surface area contributed by atoms with Crippen LogP contribution < -0.4 is 14.8 Å². The smallest absolute Gasteiger partial charge is 0.216 e. The molecule has 2 rings (SSSR count).